The van der Waals surface area contributed by atoms with Gasteiger partial charge in [-0.3, -0.25) is 43.4 Å². The van der Waals surface area contributed by atoms with Gasteiger partial charge in [0, 0.05) is 110 Å². The minimum Gasteiger partial charge on any atom is -0.496 e. The Morgan fingerprint density at radius 3 is 1.26 bits per heavy atom. The van der Waals surface area contributed by atoms with Crippen molar-refractivity contribution >= 4 is 119 Å². The molecule has 7 heterocycles. The van der Waals surface area contributed by atoms with Crippen molar-refractivity contribution in [3.8, 4) is 5.75 Å². The number of methoxy groups -OCH3 is 2. The molecule has 17 N–H and O–H groups in total. The lowest BCUT2D eigenvalue weighted by Gasteiger charge is -2.29. The summed E-state index contributed by atoms with van der Waals surface area (Å²) < 4.78 is 30.8. The van der Waals surface area contributed by atoms with Crippen LogP contribution in [0.2, 0.25) is 0 Å². The third-order valence-corrected chi connectivity index (χ3v) is 24.4. The van der Waals surface area contributed by atoms with Crippen LogP contribution in [-0.2, 0) is 66.8 Å². The number of carboxylic acids is 2. The molecular formula is C101H150Cl2N12O26. The maximum Gasteiger partial charge on any atom is 0.411 e. The number of aliphatic hydroxyl groups is 4. The zero-order valence-electron chi connectivity index (χ0n) is 83.4. The van der Waals surface area contributed by atoms with E-state index in [2.05, 4.69) is 64.4 Å². The van der Waals surface area contributed by atoms with Crippen molar-refractivity contribution < 1.29 is 126 Å². The van der Waals surface area contributed by atoms with Crippen LogP contribution in [0, 0.1) is 29.6 Å². The Balaban J connectivity index is 0.000000295. The number of ether oxygens (including phenoxy) is 6. The van der Waals surface area contributed by atoms with Crippen LogP contribution in [0.15, 0.2) is 115 Å². The Morgan fingerprint density at radius 1 is 0.461 bits per heavy atom. The van der Waals surface area contributed by atoms with Gasteiger partial charge >= 0.3 is 42.3 Å². The van der Waals surface area contributed by atoms with Crippen LogP contribution >= 0.6 is 24.8 Å². The summed E-state index contributed by atoms with van der Waals surface area (Å²) in [5.74, 6) is -1.97. The predicted molar refractivity (Wildman–Crippen MR) is 530 cm³/mol. The van der Waals surface area contributed by atoms with Crippen LogP contribution in [-0.4, -0.2) is 279 Å². The van der Waals surface area contributed by atoms with E-state index in [1.165, 1.54) is 22.5 Å². The molecule has 141 heavy (non-hydrogen) atoms. The van der Waals surface area contributed by atoms with Crippen molar-refractivity contribution in [1.82, 2.24) is 57.3 Å². The van der Waals surface area contributed by atoms with Gasteiger partial charge in [0.25, 0.3) is 0 Å². The summed E-state index contributed by atoms with van der Waals surface area (Å²) in [4.78, 5) is 171. The van der Waals surface area contributed by atoms with Crippen molar-refractivity contribution in [3.63, 3.8) is 0 Å². The van der Waals surface area contributed by atoms with Gasteiger partial charge in [-0.05, 0) is 220 Å². The first kappa shape index (κ1) is 120. The highest BCUT2D eigenvalue weighted by Crippen LogP contribution is 2.37. The van der Waals surface area contributed by atoms with Crippen LogP contribution in [0.25, 0.3) is 10.9 Å². The lowest BCUT2D eigenvalue weighted by molar-refractivity contribution is -0.144. The molecular weight excluding hydrogens is 1870 g/mol. The molecule has 0 unspecified atom stereocenters. The van der Waals surface area contributed by atoms with Gasteiger partial charge in [0.05, 0.1) is 64.8 Å². The number of esters is 1. The van der Waals surface area contributed by atoms with E-state index in [0.717, 1.165) is 80.1 Å². The minimum atomic E-state index is -0.987. The first-order chi connectivity index (χ1) is 65.6. The second kappa shape index (κ2) is 57.7. The Hall–Kier alpha value is -11.3. The van der Waals surface area contributed by atoms with Gasteiger partial charge in [0.1, 0.15) is 63.5 Å². The Bertz CT molecular complexity index is 4860. The molecule has 8 fully saturated rings. The third kappa shape index (κ3) is 40.6. The van der Waals surface area contributed by atoms with Crippen LogP contribution in [0.3, 0.4) is 0 Å². The Morgan fingerprint density at radius 2 is 0.865 bits per heavy atom. The number of hydrogen-bond donors (Lipinski definition) is 16. The van der Waals surface area contributed by atoms with E-state index >= 15 is 0 Å². The number of aromatic nitrogens is 1. The molecule has 0 bridgehead atoms. The molecule has 0 radical (unpaired) electrons. The molecule has 5 aromatic rings. The fourth-order valence-corrected chi connectivity index (χ4v) is 17.5. The van der Waals surface area contributed by atoms with E-state index in [-0.39, 0.29) is 164 Å². The fraction of sp³-hybridized carbons (Fsp3) is 0.604. The number of H-pyrrole nitrogens is 1. The van der Waals surface area contributed by atoms with Gasteiger partial charge in [-0.25, -0.2) is 33.6 Å². The van der Waals surface area contributed by atoms with Crippen molar-refractivity contribution in [3.05, 3.63) is 138 Å². The second-order valence-corrected chi connectivity index (χ2v) is 40.1. The van der Waals surface area contributed by atoms with Gasteiger partial charge < -0.3 is 112 Å². The zero-order valence-corrected chi connectivity index (χ0v) is 85.1. The van der Waals surface area contributed by atoms with E-state index in [9.17, 15) is 87.5 Å². The highest BCUT2D eigenvalue weighted by molar-refractivity contribution is 5.96. The standard InChI is InChI=1S/C24H34N2O5.C19H26N2O3.C16H21NO4.C13H22N2O5.C12H22N2O4.C10H9NO3.C7H14N2O2.2ClH/c1-24(2,3)31-23(30)26-14-18(16-8-5-4-6-9-16)13-20(26)22(29)25-19(15-27)12-17-10-7-11-21(17)28;22-12-16(9-14-7-4-8-18(14)23)21-19(24)17-10-15(11-20-17)13-5-2-1-3-6-13;1-16(2,3)21-15(20)17-10-12(9-13(17)14(18)19)11-7-5-4-6-8-11;1-13(2,3)20-12(18)15-9(11(17)19-4)7-8-5-6-14-10(8)16;1-12(2,3)18-11(17)14-9(7-15)6-8-4-5-13-10(8)16;1-14-9-4-2-3-7-6(9)5-8(11-7)10(12)13;8-6(4-10)3-5-1-2-9-7(5)11;;/h4-6,8-9,17-20,27H,7,10-15H2,1-3H3,(H,25,29);1-3,5-6,14-17,20,22H,4,7-12H2,(H,21,24);4-8,12-13H,9-10H2,1-3H3,(H,18,19);8-9H,5-7H2,1-4H3,(H,14,16)(H,15,18);8-9,15H,4-7H2,1-3H3,(H,13,16)(H,14,17);2-5,11H,1H3,(H,12,13);5-6,10H,1-4,8H2,(H,9,11);2*1H/t17-,18+,19-,20-;14-,15+,16-,17-;12-,13+;2*8-,9-;;5-,6-;;/m00100.0../s1. The number of carboxylic acid groups (broad SMARTS) is 2. The largest absolute Gasteiger partial charge is 0.496 e. The molecule has 13 rings (SSSR count). The van der Waals surface area contributed by atoms with E-state index in [1.54, 1.807) is 102 Å². The topological polar surface area (TPSA) is 560 Å². The summed E-state index contributed by atoms with van der Waals surface area (Å²) in [7, 11) is 2.79. The van der Waals surface area contributed by atoms with Crippen molar-refractivity contribution in [2.24, 2.45) is 35.3 Å². The highest BCUT2D eigenvalue weighted by Gasteiger charge is 2.46. The van der Waals surface area contributed by atoms with Crippen LogP contribution in [0.1, 0.15) is 237 Å². The Labute approximate surface area is 837 Å². The van der Waals surface area contributed by atoms with Gasteiger partial charge in [-0.2, -0.15) is 0 Å². The van der Waals surface area contributed by atoms with E-state index < -0.39 is 94.9 Å². The minimum absolute atomic E-state index is 0. The summed E-state index contributed by atoms with van der Waals surface area (Å²) in [5, 5.41) is 78.3. The maximum atomic E-state index is 13.2. The third-order valence-electron chi connectivity index (χ3n) is 24.4. The molecule has 9 amide bonds. The summed E-state index contributed by atoms with van der Waals surface area (Å²) in [6.07, 6.45) is 8.45. The predicted octanol–water partition coefficient (Wildman–Crippen LogP) is 9.78. The number of carbonyl (C=O) groups is 14. The molecule has 8 aliphatic rings. The number of amides is 9. The van der Waals surface area contributed by atoms with Crippen LogP contribution in [0.4, 0.5) is 19.2 Å². The number of nitrogens with two attached hydrogens (primary N) is 1. The number of Topliss-reactive ketones (excluding diaryl/α,β-unsaturated/α-hetero) is 2. The van der Waals surface area contributed by atoms with Crippen LogP contribution < -0.4 is 53.0 Å². The molecule has 38 nitrogen and oxygen atoms in total. The normalized spacial score (nSPS) is 22.2. The monoisotopic (exact) mass is 2020 g/mol. The number of hydrogen-bond acceptors (Lipinski definition) is 26. The zero-order chi connectivity index (χ0) is 103. The first-order valence-electron chi connectivity index (χ1n) is 47.9. The summed E-state index contributed by atoms with van der Waals surface area (Å²) in [6.45, 7) is 24.1. The van der Waals surface area contributed by atoms with Gasteiger partial charge in [0.15, 0.2) is 0 Å². The molecule has 6 aliphatic heterocycles. The smallest absolute Gasteiger partial charge is 0.411 e. The molecule has 4 aromatic carbocycles. The number of benzene rings is 4. The van der Waals surface area contributed by atoms with Gasteiger partial charge in [-0.15, -0.1) is 24.8 Å². The SMILES string of the molecule is CC(C)(C)OC(=O)N1C[C@H](c2ccccc2)C[C@H]1C(=O)N[C@H](CO)C[C@@H]1CCCC1=O.CC(C)(C)OC(=O)N1C[C@H](c2ccccc2)C[C@H]1C(=O)O.CC(C)(C)OC(=O)N[C@H](CO)C[C@@H]1CCNC1=O.COC(=O)[C@H](C[C@@H]1CCNC1=O)NC(=O)OC(C)(C)C.COc1cccc2[nH]c(C(=O)O)cc12.Cl.Cl.N[C@H](CO)C[C@@H]1CCNC1=O.O=C1CCC[C@H]1C[C@@H](CO)NC(=O)[C@@H]1C[C@@H](c2ccccc2)CN1. The number of aromatic amines is 1. The average Bonchev–Trinajstić information content (AvgIpc) is 1.67. The number of aliphatic carboxylic acids is 1. The van der Waals surface area contributed by atoms with Gasteiger partial charge in [-0.1, -0.05) is 97.1 Å². The molecule has 2 saturated carbocycles. The molecule has 0 spiro atoms. The van der Waals surface area contributed by atoms with Gasteiger partial charge in [0.2, 0.25) is 29.5 Å². The molecule has 784 valence electrons. The number of fused-ring (bicyclic) bond motifs is 1. The van der Waals surface area contributed by atoms with Crippen LogP contribution in [0.5, 0.6) is 5.75 Å². The number of nitrogens with zero attached hydrogens (tertiary/aromatic N) is 2. The fourth-order valence-electron chi connectivity index (χ4n) is 17.5. The van der Waals surface area contributed by atoms with E-state index in [1.807, 2.05) is 91.0 Å². The lowest BCUT2D eigenvalue weighted by atomic mass is 9.95. The average molecular weight is 2020 g/mol. The number of aliphatic hydroxyl groups excluding tert-OH is 4. The number of aromatic carboxylic acids is 1. The molecule has 16 atom stereocenters. The highest BCUT2D eigenvalue weighted by atomic mass is 35.5. The second-order valence-electron chi connectivity index (χ2n) is 40.1. The molecule has 6 saturated heterocycles. The number of carbonyl (C=O) groups excluding carboxylic acids is 12. The Kier molecular flexibility index (Phi) is 49.2. The number of likely N-dealkylation sites (tertiary alicyclic amines) is 2. The number of rotatable bonds is 27. The maximum absolute atomic E-state index is 13.2. The quantitative estimate of drug-likeness (QED) is 0.0172. The lowest BCUT2D eigenvalue weighted by Crippen LogP contribution is -2.51. The van der Waals surface area contributed by atoms with Crippen molar-refractivity contribution in [2.75, 3.05) is 79.9 Å². The summed E-state index contributed by atoms with van der Waals surface area (Å²) >= 11 is 0. The molecule has 1 aromatic heterocycles. The molecule has 40 heteroatoms. The molecule has 2 aliphatic carbocycles. The van der Waals surface area contributed by atoms with Crippen molar-refractivity contribution in [1.29, 1.82) is 0 Å². The van der Waals surface area contributed by atoms with Crippen molar-refractivity contribution in [2.45, 2.75) is 281 Å². The summed E-state index contributed by atoms with van der Waals surface area (Å²) in [5.41, 5.74) is 7.26. The summed E-state index contributed by atoms with van der Waals surface area (Å²) in [6, 6.07) is 32.5. The number of halogens is 2. The van der Waals surface area contributed by atoms with E-state index in [4.69, 9.17) is 39.6 Å². The number of ketones is 2. The number of alkyl carbamates (subject to hydrolysis) is 2. The van der Waals surface area contributed by atoms with E-state index in [0.29, 0.717) is 95.6 Å². The first-order valence-corrected chi connectivity index (χ1v) is 47.9. The number of nitrogens with one attached hydrogen (secondary N) is 9.